The van der Waals surface area contributed by atoms with Crippen LogP contribution in [0.4, 0.5) is 42.9 Å². The van der Waals surface area contributed by atoms with Crippen molar-refractivity contribution in [3.8, 4) is 11.5 Å². The van der Waals surface area contributed by atoms with E-state index in [9.17, 15) is 41.1 Å². The second kappa shape index (κ2) is 23.5. The molecule has 7 rings (SSSR count). The number of aromatic nitrogens is 4. The maximum absolute atomic E-state index is 13.5. The van der Waals surface area contributed by atoms with Gasteiger partial charge in [-0.05, 0) is 80.7 Å². The summed E-state index contributed by atoms with van der Waals surface area (Å²) in [6, 6.07) is 19.4. The first-order valence-corrected chi connectivity index (χ1v) is 21.7. The first-order valence-electron chi connectivity index (χ1n) is 21.7. The molecule has 0 atom stereocenters. The summed E-state index contributed by atoms with van der Waals surface area (Å²) < 4.78 is 68.3. The van der Waals surface area contributed by atoms with Crippen molar-refractivity contribution < 1.29 is 45.5 Å². The number of carbonyl (C=O) groups excluding carboxylic acids is 4. The zero-order valence-electron chi connectivity index (χ0n) is 37.3. The molecule has 0 spiro atoms. The number of nitrogens with one attached hydrogen (secondary N) is 1. The van der Waals surface area contributed by atoms with Gasteiger partial charge in [0.1, 0.15) is 5.82 Å². The molecule has 2 aliphatic heterocycles. The molecule has 5 aromatic rings. The summed E-state index contributed by atoms with van der Waals surface area (Å²) in [6.45, 7) is 13.5. The molecule has 2 aromatic carbocycles. The Balaban J connectivity index is 0.000000221. The molecule has 0 unspecified atom stereocenters. The first-order chi connectivity index (χ1) is 32.2. The van der Waals surface area contributed by atoms with E-state index in [1.54, 1.807) is 45.0 Å². The molecule has 0 radical (unpaired) electrons. The third kappa shape index (κ3) is 13.6. The fraction of sp³-hybridized carbons (Fsp3) is 0.391. The number of Topliss-reactive ketones (excluding diaryl/α,β-unsaturated/α-hetero) is 1. The number of benzene rings is 2. The van der Waals surface area contributed by atoms with Crippen LogP contribution < -0.4 is 15.1 Å². The summed E-state index contributed by atoms with van der Waals surface area (Å²) in [6.07, 6.45) is -3.29. The zero-order valence-corrected chi connectivity index (χ0v) is 37.3. The third-order valence-corrected chi connectivity index (χ3v) is 11.2. The van der Waals surface area contributed by atoms with Gasteiger partial charge in [-0.3, -0.25) is 29.4 Å². The zero-order chi connectivity index (χ0) is 48.0. The van der Waals surface area contributed by atoms with Crippen LogP contribution in [0.2, 0.25) is 0 Å². The molecule has 1 N–H and O–H groups in total. The number of aryl methyl sites for hydroxylation is 1. The number of carbonyl (C=O) groups is 4. The minimum atomic E-state index is -3.18. The van der Waals surface area contributed by atoms with Gasteiger partial charge in [0, 0.05) is 81.7 Å². The van der Waals surface area contributed by atoms with Crippen LogP contribution in [0.15, 0.2) is 89.6 Å². The number of ketones is 1. The van der Waals surface area contributed by atoms with Crippen LogP contribution in [0.5, 0.6) is 0 Å². The average Bonchev–Trinajstić information content (AvgIpc) is 3.86. The van der Waals surface area contributed by atoms with E-state index in [2.05, 4.69) is 43.8 Å². The van der Waals surface area contributed by atoms with Gasteiger partial charge in [-0.25, -0.2) is 14.0 Å². The van der Waals surface area contributed by atoms with E-state index in [-0.39, 0.29) is 36.6 Å². The Morgan fingerprint density at radius 2 is 1.18 bits per heavy atom. The van der Waals surface area contributed by atoms with E-state index < -0.39 is 42.8 Å². The maximum atomic E-state index is 13.5. The molecule has 16 nitrogen and oxygen atoms in total. The molecule has 0 aliphatic carbocycles. The smallest absolute Gasteiger partial charge is 0.324 e. The predicted molar refractivity (Wildman–Crippen MR) is 238 cm³/mol. The number of hydrogen-bond acceptors (Lipinski definition) is 11. The number of urea groups is 2. The van der Waals surface area contributed by atoms with Crippen molar-refractivity contribution in [3.63, 3.8) is 0 Å². The standard InChI is InChI=1S/C24H29F2N5O3.C22H23F3N6O2/c1-3-29-10-12-30(13-11-29)24(34)31(20-8-4-17(2)5-9-20)16-19-7-6-18(14-27-19)21(32)15-28-23(33)22(25)26;1-2-29-9-11-30(12-10-29)22(32)31(18-7-4-16(23)5-8-18)14-17-6-3-15(13-26-17)20-27-28-21(33-20)19(24)25/h4-9,14,22H,3,10-13,15-16H2,1-2H3,(H,28,33);3-8,13,19H,2,9-12,14H2,1H3. The number of halogens is 5. The Morgan fingerprint density at radius 1 is 0.672 bits per heavy atom. The highest BCUT2D eigenvalue weighted by Crippen LogP contribution is 2.25. The Kier molecular flexibility index (Phi) is 17.4. The van der Waals surface area contributed by atoms with Gasteiger partial charge in [0.25, 0.3) is 11.8 Å². The Bertz CT molecular complexity index is 2390. The lowest BCUT2D eigenvalue weighted by Crippen LogP contribution is -2.52. The molecule has 2 saturated heterocycles. The van der Waals surface area contributed by atoms with Crippen LogP contribution in [0, 0.1) is 12.7 Å². The normalized spacial score (nSPS) is 14.4. The highest BCUT2D eigenvalue weighted by Gasteiger charge is 2.28. The number of piperazine rings is 2. The number of anilines is 2. The van der Waals surface area contributed by atoms with Crippen molar-refractivity contribution in [2.45, 2.75) is 46.7 Å². The molecule has 5 amide bonds. The summed E-state index contributed by atoms with van der Waals surface area (Å²) in [5.74, 6) is -3.25. The highest BCUT2D eigenvalue weighted by molar-refractivity contribution is 5.99. The molecule has 3 aromatic heterocycles. The van der Waals surface area contributed by atoms with E-state index in [0.717, 1.165) is 50.5 Å². The molecule has 0 bridgehead atoms. The quantitative estimate of drug-likeness (QED) is 0.0932. The largest absolute Gasteiger partial charge is 0.415 e. The van der Waals surface area contributed by atoms with E-state index in [0.29, 0.717) is 48.8 Å². The third-order valence-electron chi connectivity index (χ3n) is 11.2. The minimum absolute atomic E-state index is 0.0652. The summed E-state index contributed by atoms with van der Waals surface area (Å²) in [4.78, 5) is 69.9. The summed E-state index contributed by atoms with van der Waals surface area (Å²) in [5.41, 5.74) is 4.05. The molecular weight excluding hydrogens is 882 g/mol. The lowest BCUT2D eigenvalue weighted by atomic mass is 10.1. The Hall–Kier alpha value is -6.87. The first kappa shape index (κ1) is 49.6. The molecular formula is C46H52F5N11O5. The van der Waals surface area contributed by atoms with Crippen molar-refractivity contribution in [1.29, 1.82) is 0 Å². The minimum Gasteiger partial charge on any atom is -0.415 e. The number of rotatable bonds is 14. The van der Waals surface area contributed by atoms with Gasteiger partial charge in [-0.1, -0.05) is 31.5 Å². The van der Waals surface area contributed by atoms with E-state index in [4.69, 9.17) is 4.42 Å². The summed E-state index contributed by atoms with van der Waals surface area (Å²) in [5, 5.41) is 8.80. The number of likely N-dealkylation sites (N-methyl/N-ethyl adjacent to an activating group) is 2. The van der Waals surface area contributed by atoms with Crippen molar-refractivity contribution in [3.05, 3.63) is 119 Å². The van der Waals surface area contributed by atoms with Gasteiger partial charge in [0.05, 0.1) is 36.6 Å². The number of amides is 5. The average molecular weight is 934 g/mol. The second-order valence-electron chi connectivity index (χ2n) is 15.7. The molecule has 0 saturated carbocycles. The van der Waals surface area contributed by atoms with E-state index in [1.165, 1.54) is 30.6 Å². The van der Waals surface area contributed by atoms with Gasteiger partial charge in [-0.2, -0.15) is 17.6 Å². The monoisotopic (exact) mass is 933 g/mol. The van der Waals surface area contributed by atoms with Crippen molar-refractivity contribution in [2.75, 3.05) is 81.8 Å². The van der Waals surface area contributed by atoms with Gasteiger partial charge >= 0.3 is 24.9 Å². The van der Waals surface area contributed by atoms with Crippen LogP contribution in [0.3, 0.4) is 0 Å². The van der Waals surface area contributed by atoms with Crippen LogP contribution in [-0.2, 0) is 17.9 Å². The van der Waals surface area contributed by atoms with Crippen LogP contribution >= 0.6 is 0 Å². The lowest BCUT2D eigenvalue weighted by Gasteiger charge is -2.37. The number of pyridine rings is 2. The highest BCUT2D eigenvalue weighted by atomic mass is 19.3. The van der Waals surface area contributed by atoms with Crippen LogP contribution in [-0.4, -0.2) is 142 Å². The molecule has 67 heavy (non-hydrogen) atoms. The number of nitrogens with zero attached hydrogens (tertiary/aromatic N) is 10. The van der Waals surface area contributed by atoms with Crippen molar-refractivity contribution in [1.82, 2.24) is 45.1 Å². The second-order valence-corrected chi connectivity index (χ2v) is 15.7. The van der Waals surface area contributed by atoms with Gasteiger partial charge < -0.3 is 29.3 Å². The molecule has 356 valence electrons. The Morgan fingerprint density at radius 3 is 1.61 bits per heavy atom. The summed E-state index contributed by atoms with van der Waals surface area (Å²) >= 11 is 0. The van der Waals surface area contributed by atoms with Gasteiger partial charge in [-0.15, -0.1) is 10.2 Å². The maximum Gasteiger partial charge on any atom is 0.324 e. The SMILES string of the molecule is CCN1CCN(C(=O)N(Cc2ccc(-c3nnc(C(F)F)o3)cn2)c2ccc(F)cc2)CC1.CCN1CCN(C(=O)N(Cc2ccc(C(=O)CNC(=O)C(F)F)cn2)c2ccc(C)cc2)CC1. The summed E-state index contributed by atoms with van der Waals surface area (Å²) in [7, 11) is 0. The fourth-order valence-electron chi connectivity index (χ4n) is 7.17. The van der Waals surface area contributed by atoms with Crippen LogP contribution in [0.1, 0.15) is 53.5 Å². The van der Waals surface area contributed by atoms with Gasteiger partial charge in [0.2, 0.25) is 5.89 Å². The molecule has 2 aliphatic rings. The van der Waals surface area contributed by atoms with Crippen LogP contribution in [0.25, 0.3) is 11.5 Å². The van der Waals surface area contributed by atoms with E-state index >= 15 is 0 Å². The number of hydrogen-bond donors (Lipinski definition) is 1. The molecule has 21 heteroatoms. The topological polar surface area (TPSA) is 164 Å². The van der Waals surface area contributed by atoms with Crippen molar-refractivity contribution in [2.24, 2.45) is 0 Å². The van der Waals surface area contributed by atoms with Gasteiger partial charge in [0.15, 0.2) is 5.78 Å². The van der Waals surface area contributed by atoms with E-state index in [1.807, 2.05) is 41.4 Å². The lowest BCUT2D eigenvalue weighted by molar-refractivity contribution is -0.131. The number of alkyl halides is 4. The van der Waals surface area contributed by atoms with Crippen molar-refractivity contribution >= 4 is 35.1 Å². The Labute approximate surface area is 384 Å². The molecule has 5 heterocycles. The molecule has 2 fully saturated rings. The predicted octanol–water partition coefficient (Wildman–Crippen LogP) is 6.69. The fourth-order valence-corrected chi connectivity index (χ4v) is 7.17.